The van der Waals surface area contributed by atoms with Gasteiger partial charge in [-0.1, -0.05) is 0 Å². The second-order valence-electron chi connectivity index (χ2n) is 1.40. The predicted octanol–water partition coefficient (Wildman–Crippen LogP) is 1.84. The van der Waals surface area contributed by atoms with Crippen LogP contribution >= 0.6 is 0 Å². The first-order valence-electron chi connectivity index (χ1n) is 2.51. The number of carbonyl (C=O) groups excluding carboxylic acids is 1. The molecule has 1 radical (unpaired) electrons. The van der Waals surface area contributed by atoms with E-state index in [0.29, 0.717) is 0 Å². The number of allylic oxidation sites excluding steroid dienone is 2. The largest absolute Gasteiger partial charge is 0.512 e. The Morgan fingerprint density at radius 1 is 1.40 bits per heavy atom. The minimum Gasteiger partial charge on any atom is -0.512 e. The topological polar surface area (TPSA) is 37.3 Å². The summed E-state index contributed by atoms with van der Waals surface area (Å²) < 4.78 is 0. The van der Waals surface area contributed by atoms with Crippen molar-refractivity contribution in [1.29, 1.82) is 0 Å². The molecule has 0 unspecified atom stereocenters. The molecule has 0 amide bonds. The van der Waals surface area contributed by atoms with E-state index >= 15 is 0 Å². The van der Waals surface area contributed by atoms with Crippen molar-refractivity contribution in [3.8, 4) is 0 Å². The monoisotopic (exact) mass is 231 g/mol. The normalized spacial score (nSPS) is 8.40. The Morgan fingerprint density at radius 2 is 1.70 bits per heavy atom. The van der Waals surface area contributed by atoms with Crippen LogP contribution in [0.3, 0.4) is 0 Å². The molecule has 0 aliphatic carbocycles. The Kier molecular flexibility index (Phi) is 18.5. The van der Waals surface area contributed by atoms with Gasteiger partial charge in [-0.25, -0.2) is 0 Å². The SMILES string of the molecule is C=C.CC(=O)/C=C(/C)O.[Rh]. The zero-order valence-electron chi connectivity index (χ0n) is 6.18. The first kappa shape index (κ1) is 16.3. The first-order chi connectivity index (χ1) is 4.13. The van der Waals surface area contributed by atoms with Crippen LogP contribution in [0.2, 0.25) is 0 Å². The Hall–Kier alpha value is -0.427. The maximum absolute atomic E-state index is 10.0. The van der Waals surface area contributed by atoms with E-state index in [1.165, 1.54) is 19.9 Å². The van der Waals surface area contributed by atoms with E-state index in [0.717, 1.165) is 0 Å². The molecular formula is C7H12O2Rh. The summed E-state index contributed by atoms with van der Waals surface area (Å²) in [4.78, 5) is 10.0. The van der Waals surface area contributed by atoms with Crippen LogP contribution in [0.25, 0.3) is 0 Å². The molecule has 61 valence electrons. The Morgan fingerprint density at radius 3 is 1.70 bits per heavy atom. The number of rotatable bonds is 1. The number of aliphatic hydroxyl groups excluding tert-OH is 1. The van der Waals surface area contributed by atoms with Gasteiger partial charge in [-0.05, 0) is 13.8 Å². The van der Waals surface area contributed by atoms with Crippen molar-refractivity contribution < 1.29 is 29.4 Å². The maximum atomic E-state index is 10.0. The van der Waals surface area contributed by atoms with E-state index in [4.69, 9.17) is 5.11 Å². The number of carbonyl (C=O) groups is 1. The maximum Gasteiger partial charge on any atom is 0.155 e. The molecule has 0 saturated heterocycles. The van der Waals surface area contributed by atoms with Gasteiger partial charge in [-0.3, -0.25) is 4.79 Å². The molecule has 1 N–H and O–H groups in total. The molecule has 0 saturated carbocycles. The smallest absolute Gasteiger partial charge is 0.155 e. The molecule has 0 fully saturated rings. The minimum atomic E-state index is -0.125. The van der Waals surface area contributed by atoms with Gasteiger partial charge in [0.1, 0.15) is 0 Å². The molecule has 3 heteroatoms. The van der Waals surface area contributed by atoms with Gasteiger partial charge < -0.3 is 5.11 Å². The quantitative estimate of drug-likeness (QED) is 0.323. The molecule has 0 aromatic carbocycles. The number of hydrogen-bond donors (Lipinski definition) is 1. The van der Waals surface area contributed by atoms with Crippen LogP contribution in [-0.2, 0) is 24.3 Å². The predicted molar refractivity (Wildman–Crippen MR) is 38.3 cm³/mol. The third-order valence-electron chi connectivity index (χ3n) is 0.412. The van der Waals surface area contributed by atoms with Gasteiger partial charge in [0.2, 0.25) is 0 Å². The Balaban J connectivity index is -0.000000149. The molecule has 0 aliphatic rings. The molecule has 0 aliphatic heterocycles. The van der Waals surface area contributed by atoms with Gasteiger partial charge in [-0.2, -0.15) is 0 Å². The average molecular weight is 231 g/mol. The molecule has 0 spiro atoms. The minimum absolute atomic E-state index is 0. The molecule has 0 atom stereocenters. The molecule has 0 heterocycles. The fourth-order valence-electron chi connectivity index (χ4n) is 0.294. The van der Waals surface area contributed by atoms with Crippen LogP contribution in [0.5, 0.6) is 0 Å². The van der Waals surface area contributed by atoms with E-state index < -0.39 is 0 Å². The molecular weight excluding hydrogens is 219 g/mol. The van der Waals surface area contributed by atoms with Gasteiger partial charge in [0.05, 0.1) is 5.76 Å². The molecule has 0 rings (SSSR count). The number of aliphatic hydroxyl groups is 1. The van der Waals surface area contributed by atoms with E-state index in [1.54, 1.807) is 0 Å². The van der Waals surface area contributed by atoms with Crippen LogP contribution in [0.4, 0.5) is 0 Å². The van der Waals surface area contributed by atoms with Crippen molar-refractivity contribution in [2.75, 3.05) is 0 Å². The summed E-state index contributed by atoms with van der Waals surface area (Å²) >= 11 is 0. The summed E-state index contributed by atoms with van der Waals surface area (Å²) in [5.41, 5.74) is 0. The summed E-state index contributed by atoms with van der Waals surface area (Å²) in [6.45, 7) is 8.85. The summed E-state index contributed by atoms with van der Waals surface area (Å²) in [7, 11) is 0. The van der Waals surface area contributed by atoms with E-state index in [9.17, 15) is 4.79 Å². The summed E-state index contributed by atoms with van der Waals surface area (Å²) in [5.74, 6) is -0.0625. The summed E-state index contributed by atoms with van der Waals surface area (Å²) in [6.07, 6.45) is 1.17. The van der Waals surface area contributed by atoms with Crippen molar-refractivity contribution in [3.63, 3.8) is 0 Å². The molecule has 10 heavy (non-hydrogen) atoms. The number of hydrogen-bond acceptors (Lipinski definition) is 2. The van der Waals surface area contributed by atoms with Crippen molar-refractivity contribution >= 4 is 5.78 Å². The van der Waals surface area contributed by atoms with Crippen molar-refractivity contribution in [2.45, 2.75) is 13.8 Å². The third-order valence-corrected chi connectivity index (χ3v) is 0.412. The fourth-order valence-corrected chi connectivity index (χ4v) is 0.294. The third kappa shape index (κ3) is 25.6. The Bertz CT molecular complexity index is 115. The second kappa shape index (κ2) is 11.4. The summed E-state index contributed by atoms with van der Waals surface area (Å²) in [6, 6.07) is 0. The van der Waals surface area contributed by atoms with Crippen LogP contribution in [-0.4, -0.2) is 10.9 Å². The van der Waals surface area contributed by atoms with E-state index in [1.807, 2.05) is 0 Å². The zero-order chi connectivity index (χ0) is 7.86. The van der Waals surface area contributed by atoms with Crippen molar-refractivity contribution in [1.82, 2.24) is 0 Å². The zero-order valence-corrected chi connectivity index (χ0v) is 7.82. The molecule has 0 bridgehead atoms. The van der Waals surface area contributed by atoms with Crippen LogP contribution in [0.15, 0.2) is 25.0 Å². The van der Waals surface area contributed by atoms with Crippen LogP contribution in [0.1, 0.15) is 13.8 Å². The first-order valence-corrected chi connectivity index (χ1v) is 2.51. The van der Waals surface area contributed by atoms with E-state index in [2.05, 4.69) is 13.2 Å². The molecule has 2 nitrogen and oxygen atoms in total. The van der Waals surface area contributed by atoms with Crippen molar-refractivity contribution in [3.05, 3.63) is 25.0 Å². The standard InChI is InChI=1S/C5H8O2.C2H4.Rh/c1-4(6)3-5(2)7;1-2;/h3,6H,1-2H3;1-2H2;/b4-3-;;. The second-order valence-corrected chi connectivity index (χ2v) is 1.40. The van der Waals surface area contributed by atoms with Crippen LogP contribution in [0, 0.1) is 0 Å². The van der Waals surface area contributed by atoms with Gasteiger partial charge in [0.25, 0.3) is 0 Å². The summed E-state index contributed by atoms with van der Waals surface area (Å²) in [5, 5.41) is 8.36. The van der Waals surface area contributed by atoms with Gasteiger partial charge in [0.15, 0.2) is 5.78 Å². The van der Waals surface area contributed by atoms with Crippen LogP contribution < -0.4 is 0 Å². The molecule has 0 aromatic rings. The van der Waals surface area contributed by atoms with Gasteiger partial charge in [0, 0.05) is 25.6 Å². The fraction of sp³-hybridized carbons (Fsp3) is 0.286. The van der Waals surface area contributed by atoms with Gasteiger partial charge in [-0.15, -0.1) is 13.2 Å². The number of ketones is 1. The average Bonchev–Trinajstić information content (AvgIpc) is 1.68. The Labute approximate surface area is 74.4 Å². The van der Waals surface area contributed by atoms with Crippen molar-refractivity contribution in [2.24, 2.45) is 0 Å². The van der Waals surface area contributed by atoms with E-state index in [-0.39, 0.29) is 31.0 Å². The van der Waals surface area contributed by atoms with Gasteiger partial charge >= 0.3 is 0 Å². The molecule has 0 aromatic heterocycles.